The van der Waals surface area contributed by atoms with E-state index < -0.39 is 0 Å². The molecule has 1 saturated heterocycles. The molecule has 1 aromatic rings. The first kappa shape index (κ1) is 13.8. The first-order chi connectivity index (χ1) is 8.08. The molecule has 1 fully saturated rings. The van der Waals surface area contributed by atoms with Gasteiger partial charge in [-0.15, -0.1) is 0 Å². The van der Waals surface area contributed by atoms with Crippen molar-refractivity contribution in [2.45, 2.75) is 24.6 Å². The van der Waals surface area contributed by atoms with E-state index in [1.807, 2.05) is 6.20 Å². The summed E-state index contributed by atoms with van der Waals surface area (Å²) in [6, 6.07) is 2.06. The second kappa shape index (κ2) is 6.02. The largest absolute Gasteiger partial charge is 0.356 e. The summed E-state index contributed by atoms with van der Waals surface area (Å²) in [5.41, 5.74) is 0. The Labute approximate surface area is 128 Å². The number of pyridine rings is 1. The summed E-state index contributed by atoms with van der Waals surface area (Å²) in [5.74, 6) is 1.86. The van der Waals surface area contributed by atoms with Crippen LogP contribution in [0.3, 0.4) is 0 Å². The molecule has 0 saturated carbocycles. The number of hydrogen-bond acceptors (Lipinski definition) is 2. The molecule has 17 heavy (non-hydrogen) atoms. The normalized spacial score (nSPS) is 19.4. The lowest BCUT2D eigenvalue weighted by Crippen LogP contribution is -2.36. The summed E-state index contributed by atoms with van der Waals surface area (Å²) in [6.07, 6.45) is 4.33. The van der Waals surface area contributed by atoms with Crippen LogP contribution in [-0.4, -0.2) is 22.9 Å². The first-order valence-corrected chi connectivity index (χ1v) is 8.28. The Morgan fingerprint density at radius 1 is 1.35 bits per heavy atom. The van der Waals surface area contributed by atoms with Crippen molar-refractivity contribution in [1.82, 2.24) is 4.98 Å². The number of hydrogen-bond donors (Lipinski definition) is 0. The van der Waals surface area contributed by atoms with E-state index in [-0.39, 0.29) is 0 Å². The summed E-state index contributed by atoms with van der Waals surface area (Å²) in [4.78, 5) is 7.47. The lowest BCUT2D eigenvalue weighted by Gasteiger charge is -2.34. The van der Waals surface area contributed by atoms with E-state index in [4.69, 9.17) is 0 Å². The first-order valence-electron chi connectivity index (χ1n) is 5.78. The van der Waals surface area contributed by atoms with E-state index in [2.05, 4.69) is 70.7 Å². The van der Waals surface area contributed by atoms with Crippen molar-refractivity contribution in [3.05, 3.63) is 21.2 Å². The second-order valence-corrected chi connectivity index (χ2v) is 7.68. The van der Waals surface area contributed by atoms with Gasteiger partial charge in [0.2, 0.25) is 0 Å². The zero-order chi connectivity index (χ0) is 12.4. The van der Waals surface area contributed by atoms with Crippen LogP contribution < -0.4 is 4.90 Å². The molecule has 5 heteroatoms. The van der Waals surface area contributed by atoms with Crippen LogP contribution in [0.1, 0.15) is 19.8 Å². The summed E-state index contributed by atoms with van der Waals surface area (Å²) in [7, 11) is 0. The highest BCUT2D eigenvalue weighted by atomic mass is 79.9. The van der Waals surface area contributed by atoms with Gasteiger partial charge in [0.25, 0.3) is 0 Å². The number of anilines is 1. The predicted octanol–water partition coefficient (Wildman–Crippen LogP) is 4.61. The number of aromatic nitrogens is 1. The van der Waals surface area contributed by atoms with Crippen molar-refractivity contribution in [3.63, 3.8) is 0 Å². The molecule has 0 radical (unpaired) electrons. The van der Waals surface area contributed by atoms with Gasteiger partial charge in [0, 0.05) is 28.6 Å². The van der Waals surface area contributed by atoms with Crippen LogP contribution in [0.15, 0.2) is 21.2 Å². The molecule has 1 unspecified atom stereocenters. The summed E-state index contributed by atoms with van der Waals surface area (Å²) >= 11 is 10.7. The Morgan fingerprint density at radius 3 is 2.53 bits per heavy atom. The highest BCUT2D eigenvalue weighted by Crippen LogP contribution is 2.31. The number of piperidine rings is 1. The topological polar surface area (TPSA) is 16.1 Å². The number of nitrogens with zero attached hydrogens (tertiary/aromatic N) is 2. The molecule has 1 aliphatic heterocycles. The van der Waals surface area contributed by atoms with Crippen molar-refractivity contribution >= 4 is 53.6 Å². The van der Waals surface area contributed by atoms with Crippen molar-refractivity contribution in [3.8, 4) is 0 Å². The standard InChI is InChI=1S/C12H15Br3N2/c1-8(13)9-2-4-17(5-3-9)12-11(15)6-10(14)7-16-12/h6-9H,2-5H2,1H3. The van der Waals surface area contributed by atoms with Gasteiger partial charge in [0.1, 0.15) is 5.82 Å². The van der Waals surface area contributed by atoms with Gasteiger partial charge < -0.3 is 4.90 Å². The molecule has 2 nitrogen and oxygen atoms in total. The molecular weight excluding hydrogens is 412 g/mol. The average molecular weight is 427 g/mol. The van der Waals surface area contributed by atoms with Crippen molar-refractivity contribution in [1.29, 1.82) is 0 Å². The predicted molar refractivity (Wildman–Crippen MR) is 83.0 cm³/mol. The third kappa shape index (κ3) is 3.44. The monoisotopic (exact) mass is 424 g/mol. The molecule has 2 rings (SSSR count). The minimum absolute atomic E-state index is 0.617. The Bertz CT molecular complexity index is 387. The van der Waals surface area contributed by atoms with Crippen LogP contribution in [0.5, 0.6) is 0 Å². The van der Waals surface area contributed by atoms with Gasteiger partial charge in [-0.25, -0.2) is 4.98 Å². The summed E-state index contributed by atoms with van der Waals surface area (Å²) in [6.45, 7) is 4.43. The van der Waals surface area contributed by atoms with Crippen LogP contribution in [0.2, 0.25) is 0 Å². The smallest absolute Gasteiger partial charge is 0.142 e. The van der Waals surface area contributed by atoms with E-state index in [9.17, 15) is 0 Å². The van der Waals surface area contributed by atoms with Crippen LogP contribution in [0.4, 0.5) is 5.82 Å². The molecule has 0 spiro atoms. The maximum Gasteiger partial charge on any atom is 0.142 e. The minimum Gasteiger partial charge on any atom is -0.356 e. The van der Waals surface area contributed by atoms with Crippen LogP contribution >= 0.6 is 47.8 Å². The molecule has 2 heterocycles. The number of alkyl halides is 1. The fraction of sp³-hybridized carbons (Fsp3) is 0.583. The van der Waals surface area contributed by atoms with Crippen molar-refractivity contribution in [2.24, 2.45) is 5.92 Å². The van der Waals surface area contributed by atoms with Gasteiger partial charge in [-0.3, -0.25) is 0 Å². The number of halogens is 3. The summed E-state index contributed by atoms with van der Waals surface area (Å²) in [5, 5.41) is 0. The third-order valence-corrected chi connectivity index (χ3v) is 5.04. The second-order valence-electron chi connectivity index (χ2n) is 4.46. The lowest BCUT2D eigenvalue weighted by atomic mass is 9.94. The van der Waals surface area contributed by atoms with E-state index in [0.717, 1.165) is 33.8 Å². The average Bonchev–Trinajstić information content (AvgIpc) is 2.29. The number of rotatable bonds is 2. The Kier molecular flexibility index (Phi) is 4.89. The van der Waals surface area contributed by atoms with Gasteiger partial charge in [-0.2, -0.15) is 0 Å². The Balaban J connectivity index is 2.05. The van der Waals surface area contributed by atoms with Gasteiger partial charge in [-0.1, -0.05) is 22.9 Å². The van der Waals surface area contributed by atoms with E-state index in [0.29, 0.717) is 4.83 Å². The Hall–Kier alpha value is 0.390. The molecule has 94 valence electrons. The van der Waals surface area contributed by atoms with Crippen molar-refractivity contribution < 1.29 is 0 Å². The molecule has 1 aliphatic rings. The zero-order valence-corrected chi connectivity index (χ0v) is 14.4. The van der Waals surface area contributed by atoms with Gasteiger partial charge in [-0.05, 0) is 56.7 Å². The highest BCUT2D eigenvalue weighted by molar-refractivity contribution is 9.11. The van der Waals surface area contributed by atoms with Gasteiger partial charge >= 0.3 is 0 Å². The van der Waals surface area contributed by atoms with Gasteiger partial charge in [0.05, 0.1) is 4.47 Å². The van der Waals surface area contributed by atoms with Crippen LogP contribution in [-0.2, 0) is 0 Å². The minimum atomic E-state index is 0.617. The van der Waals surface area contributed by atoms with Crippen LogP contribution in [0, 0.1) is 5.92 Å². The third-order valence-electron chi connectivity index (χ3n) is 3.28. The van der Waals surface area contributed by atoms with E-state index in [1.165, 1.54) is 12.8 Å². The molecule has 0 bridgehead atoms. The molecule has 0 aromatic carbocycles. The van der Waals surface area contributed by atoms with Gasteiger partial charge in [0.15, 0.2) is 0 Å². The van der Waals surface area contributed by atoms with E-state index in [1.54, 1.807) is 0 Å². The quantitative estimate of drug-likeness (QED) is 0.642. The maximum absolute atomic E-state index is 4.49. The van der Waals surface area contributed by atoms with E-state index >= 15 is 0 Å². The Morgan fingerprint density at radius 2 is 2.00 bits per heavy atom. The maximum atomic E-state index is 4.49. The molecule has 1 atom stereocenters. The summed E-state index contributed by atoms with van der Waals surface area (Å²) < 4.78 is 2.08. The fourth-order valence-corrected chi connectivity index (χ4v) is 3.98. The SMILES string of the molecule is CC(Br)C1CCN(c2ncc(Br)cc2Br)CC1. The van der Waals surface area contributed by atoms with Crippen LogP contribution in [0.25, 0.3) is 0 Å². The molecule has 0 aliphatic carbocycles. The molecule has 1 aromatic heterocycles. The fourth-order valence-electron chi connectivity index (χ4n) is 2.21. The highest BCUT2D eigenvalue weighted by Gasteiger charge is 2.24. The molecule has 0 amide bonds. The lowest BCUT2D eigenvalue weighted by molar-refractivity contribution is 0.405. The van der Waals surface area contributed by atoms with Crippen molar-refractivity contribution in [2.75, 3.05) is 18.0 Å². The molecule has 0 N–H and O–H groups in total. The zero-order valence-electron chi connectivity index (χ0n) is 9.67. The molecular formula is C12H15Br3N2.